The summed E-state index contributed by atoms with van der Waals surface area (Å²) in [6.07, 6.45) is -1.83. The van der Waals surface area contributed by atoms with Gasteiger partial charge in [0.05, 0.1) is 13.2 Å². The molecule has 0 bridgehead atoms. The van der Waals surface area contributed by atoms with Crippen LogP contribution in [0, 0.1) is 6.92 Å². The van der Waals surface area contributed by atoms with Gasteiger partial charge in [0.15, 0.2) is 5.60 Å². The Morgan fingerprint density at radius 3 is 1.87 bits per heavy atom. The Morgan fingerprint density at radius 1 is 0.903 bits per heavy atom. The van der Waals surface area contributed by atoms with Gasteiger partial charge in [-0.25, -0.2) is 4.79 Å². The van der Waals surface area contributed by atoms with E-state index in [9.17, 15) is 9.90 Å². The molecule has 0 fully saturated rings. The number of carboxylic acids is 1. The van der Waals surface area contributed by atoms with E-state index in [1.807, 2.05) is 74.5 Å². The van der Waals surface area contributed by atoms with Crippen molar-refractivity contribution in [2.24, 2.45) is 0 Å². The van der Waals surface area contributed by atoms with Crippen molar-refractivity contribution in [2.75, 3.05) is 7.11 Å². The number of rotatable bonds is 9. The zero-order chi connectivity index (χ0) is 22.4. The minimum absolute atomic E-state index is 0.0291. The molecule has 1 atom stereocenters. The average Bonchev–Trinajstić information content (AvgIpc) is 2.76. The fraction of sp³-hybridized carbons (Fsp3) is 0.304. The number of ether oxygens (including phenoxy) is 3. The van der Waals surface area contributed by atoms with E-state index in [2.05, 4.69) is 15.0 Å². The van der Waals surface area contributed by atoms with E-state index in [-0.39, 0.29) is 18.1 Å². The Labute approximate surface area is 180 Å². The number of aliphatic carboxylic acids is 1. The number of aromatic nitrogens is 3. The van der Waals surface area contributed by atoms with Gasteiger partial charge in [0.25, 0.3) is 0 Å². The number of methoxy groups -OCH3 is 1. The second-order valence-electron chi connectivity index (χ2n) is 7.12. The van der Waals surface area contributed by atoms with E-state index in [4.69, 9.17) is 14.2 Å². The third-order valence-corrected chi connectivity index (χ3v) is 4.53. The molecular formula is C23H25N3O5. The normalized spacial score (nSPS) is 12.4. The molecule has 0 aliphatic heterocycles. The molecule has 0 aliphatic carbocycles. The fourth-order valence-electron chi connectivity index (χ4n) is 3.40. The van der Waals surface area contributed by atoms with Crippen molar-refractivity contribution in [1.82, 2.24) is 15.0 Å². The number of hydrogen-bond donors (Lipinski definition) is 1. The molecule has 0 radical (unpaired) electrons. The average molecular weight is 423 g/mol. The number of aryl methyl sites for hydroxylation is 1. The third kappa shape index (κ3) is 4.80. The quantitative estimate of drug-likeness (QED) is 0.559. The predicted octanol–water partition coefficient (Wildman–Crippen LogP) is 3.39. The molecule has 1 unspecified atom stereocenters. The Morgan fingerprint density at radius 2 is 1.42 bits per heavy atom. The molecule has 1 N–H and O–H groups in total. The van der Waals surface area contributed by atoms with E-state index in [0.717, 1.165) is 0 Å². The number of nitrogens with zero attached hydrogens (tertiary/aromatic N) is 3. The Balaban J connectivity index is 2.24. The molecule has 8 heteroatoms. The fourth-order valence-corrected chi connectivity index (χ4v) is 3.40. The molecule has 0 amide bonds. The molecule has 1 heterocycles. The van der Waals surface area contributed by atoms with Gasteiger partial charge in [0.1, 0.15) is 5.82 Å². The Hall–Kier alpha value is -3.52. The van der Waals surface area contributed by atoms with Gasteiger partial charge in [0, 0.05) is 0 Å². The first-order chi connectivity index (χ1) is 14.9. The van der Waals surface area contributed by atoms with Crippen LogP contribution < -0.4 is 9.47 Å². The van der Waals surface area contributed by atoms with Crippen LogP contribution in [0.1, 0.15) is 30.8 Å². The summed E-state index contributed by atoms with van der Waals surface area (Å²) in [4.78, 5) is 24.8. The first-order valence-electron chi connectivity index (χ1n) is 9.81. The summed E-state index contributed by atoms with van der Waals surface area (Å²) in [6, 6.07) is 18.1. The summed E-state index contributed by atoms with van der Waals surface area (Å²) in [5.74, 6) is -0.897. The van der Waals surface area contributed by atoms with Crippen molar-refractivity contribution >= 4 is 5.97 Å². The largest absolute Gasteiger partial charge is 0.478 e. The van der Waals surface area contributed by atoms with Crippen LogP contribution in [0.15, 0.2) is 60.7 Å². The molecule has 2 aromatic carbocycles. The van der Waals surface area contributed by atoms with Crippen LogP contribution in [-0.2, 0) is 15.1 Å². The predicted molar refractivity (Wildman–Crippen MR) is 113 cm³/mol. The standard InChI is InChI=1S/C23H25N3O5/c1-15(2)31-23(17-11-7-5-8-12-17,18-13-9-6-10-14-18)19(20(27)28)30-22-25-16(3)24-21(26-22)29-4/h5-15,19H,1-4H3,(H,27,28). The molecule has 0 spiro atoms. The van der Waals surface area contributed by atoms with Crippen LogP contribution in [0.4, 0.5) is 0 Å². The van der Waals surface area contributed by atoms with E-state index >= 15 is 0 Å². The lowest BCUT2D eigenvalue weighted by molar-refractivity contribution is -0.169. The highest BCUT2D eigenvalue weighted by Crippen LogP contribution is 2.40. The lowest BCUT2D eigenvalue weighted by Gasteiger charge is -2.40. The number of carbonyl (C=O) groups is 1. The highest BCUT2D eigenvalue weighted by Gasteiger charge is 2.50. The van der Waals surface area contributed by atoms with Crippen LogP contribution in [0.5, 0.6) is 12.0 Å². The molecule has 162 valence electrons. The zero-order valence-electron chi connectivity index (χ0n) is 17.9. The molecule has 0 aliphatic rings. The van der Waals surface area contributed by atoms with E-state index in [0.29, 0.717) is 17.0 Å². The molecule has 31 heavy (non-hydrogen) atoms. The van der Waals surface area contributed by atoms with Crippen LogP contribution in [-0.4, -0.2) is 45.3 Å². The molecule has 0 saturated carbocycles. The van der Waals surface area contributed by atoms with Gasteiger partial charge < -0.3 is 19.3 Å². The maximum atomic E-state index is 12.6. The van der Waals surface area contributed by atoms with Gasteiger partial charge in [0.2, 0.25) is 6.10 Å². The second kappa shape index (κ2) is 9.53. The highest BCUT2D eigenvalue weighted by molar-refractivity contribution is 5.76. The topological polar surface area (TPSA) is 104 Å². The summed E-state index contributed by atoms with van der Waals surface area (Å²) in [7, 11) is 1.41. The molecule has 8 nitrogen and oxygen atoms in total. The molecule has 3 rings (SSSR count). The van der Waals surface area contributed by atoms with E-state index < -0.39 is 17.7 Å². The minimum atomic E-state index is -1.51. The van der Waals surface area contributed by atoms with Crippen LogP contribution in [0.2, 0.25) is 0 Å². The van der Waals surface area contributed by atoms with Crippen molar-refractivity contribution in [2.45, 2.75) is 38.6 Å². The summed E-state index contributed by atoms with van der Waals surface area (Å²) < 4.78 is 17.4. The van der Waals surface area contributed by atoms with Crippen LogP contribution in [0.25, 0.3) is 0 Å². The van der Waals surface area contributed by atoms with E-state index in [1.165, 1.54) is 7.11 Å². The second-order valence-corrected chi connectivity index (χ2v) is 7.12. The van der Waals surface area contributed by atoms with Gasteiger partial charge >= 0.3 is 18.0 Å². The van der Waals surface area contributed by atoms with Gasteiger partial charge in [-0.05, 0) is 31.9 Å². The van der Waals surface area contributed by atoms with Crippen LogP contribution >= 0.6 is 0 Å². The van der Waals surface area contributed by atoms with Crippen molar-refractivity contribution in [3.05, 3.63) is 77.6 Å². The minimum Gasteiger partial charge on any atom is -0.478 e. The van der Waals surface area contributed by atoms with E-state index in [1.54, 1.807) is 6.92 Å². The van der Waals surface area contributed by atoms with Gasteiger partial charge in [-0.15, -0.1) is 4.98 Å². The molecule has 3 aromatic rings. The number of carboxylic acid groups (broad SMARTS) is 1. The van der Waals surface area contributed by atoms with Gasteiger partial charge in [-0.1, -0.05) is 60.7 Å². The van der Waals surface area contributed by atoms with Gasteiger partial charge in [-0.3, -0.25) is 0 Å². The third-order valence-electron chi connectivity index (χ3n) is 4.53. The summed E-state index contributed by atoms with van der Waals surface area (Å²) in [5.41, 5.74) is -0.226. The molecule has 1 aromatic heterocycles. The van der Waals surface area contributed by atoms with Crippen molar-refractivity contribution in [3.63, 3.8) is 0 Å². The summed E-state index contributed by atoms with van der Waals surface area (Å²) >= 11 is 0. The maximum absolute atomic E-state index is 12.6. The molecule has 0 saturated heterocycles. The zero-order valence-corrected chi connectivity index (χ0v) is 17.9. The van der Waals surface area contributed by atoms with Crippen molar-refractivity contribution in [3.8, 4) is 12.0 Å². The summed E-state index contributed by atoms with van der Waals surface area (Å²) in [5, 5.41) is 10.3. The smallest absolute Gasteiger partial charge is 0.348 e. The monoisotopic (exact) mass is 423 g/mol. The maximum Gasteiger partial charge on any atom is 0.348 e. The number of hydrogen-bond acceptors (Lipinski definition) is 7. The summed E-state index contributed by atoms with van der Waals surface area (Å²) in [6.45, 7) is 5.32. The van der Waals surface area contributed by atoms with Crippen molar-refractivity contribution in [1.29, 1.82) is 0 Å². The van der Waals surface area contributed by atoms with Crippen LogP contribution in [0.3, 0.4) is 0 Å². The van der Waals surface area contributed by atoms with Gasteiger partial charge in [-0.2, -0.15) is 9.97 Å². The number of benzene rings is 2. The highest BCUT2D eigenvalue weighted by atomic mass is 16.6. The lowest BCUT2D eigenvalue weighted by Crippen LogP contribution is -2.52. The Kier molecular flexibility index (Phi) is 6.81. The SMILES string of the molecule is COc1nc(C)nc(OC(C(=O)O)C(OC(C)C)(c2ccccc2)c2ccccc2)n1. The van der Waals surface area contributed by atoms with Crippen molar-refractivity contribution < 1.29 is 24.1 Å². The lowest BCUT2D eigenvalue weighted by atomic mass is 9.80. The first kappa shape index (κ1) is 22.2. The molecular weight excluding hydrogens is 398 g/mol. The Bertz CT molecular complexity index is 973. The first-order valence-corrected chi connectivity index (χ1v) is 9.81.